The molecule has 0 spiro atoms. The number of aromatic nitrogens is 5. The molecule has 4 aromatic carbocycles. The molecule has 0 bridgehead atoms. The normalized spacial score (nSPS) is 11.5. The molecule has 4 heterocycles. The number of hydrogen-bond donors (Lipinski definition) is 0. The molecule has 0 aliphatic carbocycles. The van der Waals surface area contributed by atoms with Crippen LogP contribution in [0.5, 0.6) is 0 Å². The Kier molecular flexibility index (Phi) is 5.43. The van der Waals surface area contributed by atoms with Crippen LogP contribution in [0.2, 0.25) is 0 Å². The van der Waals surface area contributed by atoms with Gasteiger partial charge in [0.25, 0.3) is 0 Å². The van der Waals surface area contributed by atoms with Gasteiger partial charge in [-0.25, -0.2) is 4.98 Å². The average molecular weight is 683 g/mol. The fourth-order valence-electron chi connectivity index (χ4n) is 5.73. The summed E-state index contributed by atoms with van der Waals surface area (Å²) < 4.78 is 6.35. The van der Waals surface area contributed by atoms with E-state index < -0.39 is 0 Å². The largest absolute Gasteiger partial charge is 2.00 e. The van der Waals surface area contributed by atoms with Gasteiger partial charge in [-0.2, -0.15) is 18.1 Å². The maximum atomic E-state index is 4.71. The van der Waals surface area contributed by atoms with E-state index in [1.165, 1.54) is 10.8 Å². The van der Waals surface area contributed by atoms with E-state index >= 15 is 0 Å². The van der Waals surface area contributed by atoms with Crippen molar-refractivity contribution in [3.8, 4) is 17.2 Å². The monoisotopic (exact) mass is 682 g/mol. The van der Waals surface area contributed by atoms with Gasteiger partial charge in [0, 0.05) is 29.6 Å². The van der Waals surface area contributed by atoms with Crippen LogP contribution in [0.4, 0.5) is 0 Å². The maximum absolute atomic E-state index is 4.71. The minimum absolute atomic E-state index is 0. The van der Waals surface area contributed by atoms with Crippen LogP contribution in [0.1, 0.15) is 5.56 Å². The summed E-state index contributed by atoms with van der Waals surface area (Å²) in [6, 6.07) is 37.2. The van der Waals surface area contributed by atoms with Crippen LogP contribution >= 0.6 is 0 Å². The van der Waals surface area contributed by atoms with Gasteiger partial charge in [0.05, 0.1) is 0 Å². The van der Waals surface area contributed by atoms with Crippen molar-refractivity contribution >= 4 is 43.6 Å². The van der Waals surface area contributed by atoms with E-state index in [0.29, 0.717) is 0 Å². The number of hydrogen-bond acceptors (Lipinski definition) is 2. The Balaban J connectivity index is 0.00000253. The Morgan fingerprint density at radius 2 is 1.36 bits per heavy atom. The van der Waals surface area contributed by atoms with Gasteiger partial charge >= 0.3 is 21.1 Å². The van der Waals surface area contributed by atoms with Gasteiger partial charge in [-0.15, -0.1) is 23.1 Å². The third-order valence-corrected chi connectivity index (χ3v) is 7.36. The number of fused-ring (bicyclic) bond motifs is 6. The number of benzene rings is 4. The third kappa shape index (κ3) is 3.40. The summed E-state index contributed by atoms with van der Waals surface area (Å²) in [7, 11) is 0. The van der Waals surface area contributed by atoms with Crippen molar-refractivity contribution in [1.29, 1.82) is 0 Å². The molecule has 39 heavy (non-hydrogen) atoms. The molecular formula is C33H21N5Pt. The quantitative estimate of drug-likeness (QED) is 0.182. The van der Waals surface area contributed by atoms with Crippen LogP contribution in [0.15, 0.2) is 116 Å². The Morgan fingerprint density at radius 3 is 2.10 bits per heavy atom. The molecule has 8 rings (SSSR count). The van der Waals surface area contributed by atoms with E-state index in [-0.39, 0.29) is 21.1 Å². The van der Waals surface area contributed by atoms with Crippen LogP contribution in [-0.2, 0) is 21.1 Å². The first-order chi connectivity index (χ1) is 18.8. The summed E-state index contributed by atoms with van der Waals surface area (Å²) in [6.07, 6.45) is 5.56. The molecule has 0 radical (unpaired) electrons. The Morgan fingerprint density at radius 1 is 0.641 bits per heavy atom. The first-order valence-electron chi connectivity index (χ1n) is 12.5. The molecule has 0 aliphatic heterocycles. The zero-order valence-electron chi connectivity index (χ0n) is 20.7. The molecule has 4 aromatic heterocycles. The summed E-state index contributed by atoms with van der Waals surface area (Å²) in [4.78, 5) is 4.71. The molecular weight excluding hydrogens is 661 g/mol. The first kappa shape index (κ1) is 23.5. The van der Waals surface area contributed by atoms with Gasteiger partial charge in [0.15, 0.2) is 0 Å². The van der Waals surface area contributed by atoms with Gasteiger partial charge in [-0.1, -0.05) is 65.8 Å². The molecule has 0 fully saturated rings. The number of nitrogens with zero attached hydrogens (tertiary/aromatic N) is 5. The second-order valence-corrected chi connectivity index (χ2v) is 9.41. The fraction of sp³-hybridized carbons (Fsp3) is 0. The van der Waals surface area contributed by atoms with Crippen molar-refractivity contribution in [3.05, 3.63) is 134 Å². The van der Waals surface area contributed by atoms with E-state index in [0.717, 1.165) is 55.6 Å². The zero-order valence-corrected chi connectivity index (χ0v) is 23.0. The summed E-state index contributed by atoms with van der Waals surface area (Å²) in [5.74, 6) is 0.871. The first-order valence-corrected chi connectivity index (χ1v) is 12.5. The molecule has 8 aromatic rings. The SMILES string of the molecule is [CH2-]c1c(-n2c3[c-]c(-n4cccn4)ccc3c3ccccc32)ccc2c3ccccc3n(-c3ccccn3)c12.[Pt+2]. The van der Waals surface area contributed by atoms with Gasteiger partial charge in [0.1, 0.15) is 5.82 Å². The van der Waals surface area contributed by atoms with E-state index in [2.05, 4.69) is 100 Å². The van der Waals surface area contributed by atoms with Gasteiger partial charge in [0.2, 0.25) is 0 Å². The number of pyridine rings is 1. The molecule has 0 saturated carbocycles. The van der Waals surface area contributed by atoms with Crippen LogP contribution in [0.25, 0.3) is 60.8 Å². The molecule has 0 aliphatic rings. The molecule has 6 heteroatoms. The second kappa shape index (κ2) is 9.00. The predicted octanol–water partition coefficient (Wildman–Crippen LogP) is 7.44. The molecule has 188 valence electrons. The molecule has 0 saturated heterocycles. The zero-order chi connectivity index (χ0) is 25.2. The maximum Gasteiger partial charge on any atom is 2.00 e. The summed E-state index contributed by atoms with van der Waals surface area (Å²) in [6.45, 7) is 4.67. The van der Waals surface area contributed by atoms with Crippen LogP contribution in [0, 0.1) is 13.0 Å². The number of rotatable bonds is 3. The summed E-state index contributed by atoms with van der Waals surface area (Å²) in [5.41, 5.74) is 7.10. The van der Waals surface area contributed by atoms with Crippen LogP contribution in [0.3, 0.4) is 0 Å². The van der Waals surface area contributed by atoms with Crippen molar-refractivity contribution < 1.29 is 21.1 Å². The molecule has 0 unspecified atom stereocenters. The van der Waals surface area contributed by atoms with Crippen LogP contribution in [-0.4, -0.2) is 23.9 Å². The van der Waals surface area contributed by atoms with Crippen LogP contribution < -0.4 is 0 Å². The minimum atomic E-state index is 0. The van der Waals surface area contributed by atoms with Crippen molar-refractivity contribution in [2.24, 2.45) is 0 Å². The van der Waals surface area contributed by atoms with E-state index in [1.807, 2.05) is 41.3 Å². The fourth-order valence-corrected chi connectivity index (χ4v) is 5.73. The molecule has 5 nitrogen and oxygen atoms in total. The van der Waals surface area contributed by atoms with Crippen molar-refractivity contribution in [2.45, 2.75) is 0 Å². The van der Waals surface area contributed by atoms with Crippen molar-refractivity contribution in [1.82, 2.24) is 23.9 Å². The smallest absolute Gasteiger partial charge is 0.387 e. The topological polar surface area (TPSA) is 40.6 Å². The van der Waals surface area contributed by atoms with E-state index in [1.54, 1.807) is 6.20 Å². The molecule has 0 amide bonds. The van der Waals surface area contributed by atoms with E-state index in [4.69, 9.17) is 4.98 Å². The predicted molar refractivity (Wildman–Crippen MR) is 153 cm³/mol. The Bertz CT molecular complexity index is 2140. The van der Waals surface area contributed by atoms with E-state index in [9.17, 15) is 0 Å². The van der Waals surface area contributed by atoms with Crippen molar-refractivity contribution in [3.63, 3.8) is 0 Å². The minimum Gasteiger partial charge on any atom is -0.387 e. The third-order valence-electron chi connectivity index (χ3n) is 7.36. The summed E-state index contributed by atoms with van der Waals surface area (Å²) >= 11 is 0. The standard InChI is InChI=1S/C33H21N5.Pt/c1-22-28(17-16-27-25-10-3-5-12-30(25)38(33(22)27)32-13-6-7-18-34-32)37-29-11-4-2-9-24(29)26-15-14-23(21-31(26)37)36-20-8-19-35-36;/h2-20H,1H2;/q-2;+2. The Hall–Kier alpha value is -4.60. The summed E-state index contributed by atoms with van der Waals surface area (Å²) in [5, 5.41) is 9.08. The Labute approximate surface area is 239 Å². The van der Waals surface area contributed by atoms with Crippen molar-refractivity contribution in [2.75, 3.05) is 0 Å². The van der Waals surface area contributed by atoms with Gasteiger partial charge in [-0.3, -0.25) is 4.68 Å². The van der Waals surface area contributed by atoms with Gasteiger partial charge in [-0.05, 0) is 57.7 Å². The number of para-hydroxylation sites is 2. The second-order valence-electron chi connectivity index (χ2n) is 9.41. The van der Waals surface area contributed by atoms with Gasteiger partial charge < -0.3 is 9.13 Å². The molecule has 0 N–H and O–H groups in total. The molecule has 0 atom stereocenters. The average Bonchev–Trinajstić information content (AvgIpc) is 3.69.